The first-order valence-corrected chi connectivity index (χ1v) is 7.70. The van der Waals surface area contributed by atoms with Crippen molar-refractivity contribution < 1.29 is 9.59 Å². The topological polar surface area (TPSA) is 58.2 Å². The van der Waals surface area contributed by atoms with Crippen LogP contribution in [-0.2, 0) is 16.0 Å². The summed E-state index contributed by atoms with van der Waals surface area (Å²) < 4.78 is 0. The summed E-state index contributed by atoms with van der Waals surface area (Å²) in [5.41, 5.74) is 1.38. The summed E-state index contributed by atoms with van der Waals surface area (Å²) in [5.74, 6) is -0.679. The molecule has 2 rings (SSSR count). The molecular weight excluding hydrogens is 288 g/mol. The molecule has 0 fully saturated rings. The SMILES string of the molecule is CCc1ccc(NC(=O)C(C)(C)C(=O)Nc2ccccc2)cc1. The molecule has 4 nitrogen and oxygen atoms in total. The molecule has 0 heterocycles. The van der Waals surface area contributed by atoms with Crippen molar-refractivity contribution in [2.75, 3.05) is 10.6 Å². The lowest BCUT2D eigenvalue weighted by molar-refractivity contribution is -0.135. The van der Waals surface area contributed by atoms with E-state index in [1.54, 1.807) is 26.0 Å². The number of nitrogens with one attached hydrogen (secondary N) is 2. The Morgan fingerprint density at radius 1 is 0.826 bits per heavy atom. The zero-order chi connectivity index (χ0) is 16.9. The number of amides is 2. The molecule has 0 unspecified atom stereocenters. The van der Waals surface area contributed by atoms with Gasteiger partial charge in [0.2, 0.25) is 11.8 Å². The van der Waals surface area contributed by atoms with Crippen LogP contribution >= 0.6 is 0 Å². The molecule has 23 heavy (non-hydrogen) atoms. The summed E-state index contributed by atoms with van der Waals surface area (Å²) in [4.78, 5) is 24.8. The van der Waals surface area contributed by atoms with E-state index < -0.39 is 5.41 Å². The van der Waals surface area contributed by atoms with Crippen molar-refractivity contribution in [3.8, 4) is 0 Å². The molecule has 0 aliphatic rings. The van der Waals surface area contributed by atoms with Crippen LogP contribution in [0.1, 0.15) is 26.3 Å². The normalized spacial score (nSPS) is 10.9. The quantitative estimate of drug-likeness (QED) is 0.824. The number of carbonyl (C=O) groups excluding carboxylic acids is 2. The zero-order valence-corrected chi connectivity index (χ0v) is 13.7. The first-order valence-electron chi connectivity index (χ1n) is 7.70. The van der Waals surface area contributed by atoms with E-state index >= 15 is 0 Å². The number of aryl methyl sites for hydroxylation is 1. The van der Waals surface area contributed by atoms with Gasteiger partial charge in [0.05, 0.1) is 0 Å². The van der Waals surface area contributed by atoms with E-state index in [1.807, 2.05) is 42.5 Å². The monoisotopic (exact) mass is 310 g/mol. The third-order valence-electron chi connectivity index (χ3n) is 3.79. The standard InChI is InChI=1S/C19H22N2O2/c1-4-14-10-12-16(13-11-14)21-18(23)19(2,3)17(22)20-15-8-6-5-7-9-15/h5-13H,4H2,1-3H3,(H,20,22)(H,21,23). The van der Waals surface area contributed by atoms with Gasteiger partial charge < -0.3 is 10.6 Å². The maximum atomic E-state index is 12.4. The van der Waals surface area contributed by atoms with Crippen molar-refractivity contribution in [3.63, 3.8) is 0 Å². The van der Waals surface area contributed by atoms with E-state index in [1.165, 1.54) is 5.56 Å². The van der Waals surface area contributed by atoms with E-state index in [0.29, 0.717) is 11.4 Å². The van der Waals surface area contributed by atoms with Crippen LogP contribution in [0.25, 0.3) is 0 Å². The molecule has 0 spiro atoms. The lowest BCUT2D eigenvalue weighted by Gasteiger charge is -2.22. The summed E-state index contributed by atoms with van der Waals surface area (Å²) in [6.07, 6.45) is 0.944. The van der Waals surface area contributed by atoms with Crippen LogP contribution in [0.15, 0.2) is 54.6 Å². The van der Waals surface area contributed by atoms with Crippen LogP contribution in [-0.4, -0.2) is 11.8 Å². The van der Waals surface area contributed by atoms with Crippen molar-refractivity contribution in [3.05, 3.63) is 60.2 Å². The highest BCUT2D eigenvalue weighted by Gasteiger charge is 2.36. The smallest absolute Gasteiger partial charge is 0.239 e. The molecule has 2 N–H and O–H groups in total. The molecule has 0 saturated carbocycles. The lowest BCUT2D eigenvalue weighted by atomic mass is 9.90. The first kappa shape index (κ1) is 16.7. The Morgan fingerprint density at radius 2 is 1.30 bits per heavy atom. The van der Waals surface area contributed by atoms with Crippen LogP contribution in [0.3, 0.4) is 0 Å². The average molecular weight is 310 g/mol. The van der Waals surface area contributed by atoms with Gasteiger partial charge >= 0.3 is 0 Å². The Balaban J connectivity index is 2.04. The number of hydrogen-bond donors (Lipinski definition) is 2. The van der Waals surface area contributed by atoms with Gasteiger partial charge in [-0.05, 0) is 50.1 Å². The molecule has 2 aromatic carbocycles. The van der Waals surface area contributed by atoms with Crippen LogP contribution in [0.4, 0.5) is 11.4 Å². The number of para-hydroxylation sites is 1. The van der Waals surface area contributed by atoms with Gasteiger partial charge in [0, 0.05) is 11.4 Å². The van der Waals surface area contributed by atoms with Crippen LogP contribution in [0.2, 0.25) is 0 Å². The van der Waals surface area contributed by atoms with Gasteiger partial charge in [-0.15, -0.1) is 0 Å². The van der Waals surface area contributed by atoms with Gasteiger partial charge in [0.1, 0.15) is 5.41 Å². The molecule has 0 aliphatic carbocycles. The van der Waals surface area contributed by atoms with Crippen molar-refractivity contribution in [1.29, 1.82) is 0 Å². The number of hydrogen-bond acceptors (Lipinski definition) is 2. The minimum atomic E-state index is -1.18. The predicted molar refractivity (Wildman–Crippen MR) is 93.3 cm³/mol. The van der Waals surface area contributed by atoms with Gasteiger partial charge in [-0.1, -0.05) is 37.3 Å². The van der Waals surface area contributed by atoms with E-state index in [4.69, 9.17) is 0 Å². The van der Waals surface area contributed by atoms with Gasteiger partial charge in [0.15, 0.2) is 0 Å². The molecule has 0 aliphatic heterocycles. The van der Waals surface area contributed by atoms with Gasteiger partial charge in [-0.3, -0.25) is 9.59 Å². The second kappa shape index (κ2) is 7.09. The number of benzene rings is 2. The average Bonchev–Trinajstić information content (AvgIpc) is 2.56. The Hall–Kier alpha value is -2.62. The van der Waals surface area contributed by atoms with Gasteiger partial charge in [-0.25, -0.2) is 0 Å². The van der Waals surface area contributed by atoms with E-state index in [2.05, 4.69) is 17.6 Å². The number of anilines is 2. The highest BCUT2D eigenvalue weighted by molar-refractivity contribution is 6.13. The van der Waals surface area contributed by atoms with E-state index in [9.17, 15) is 9.59 Å². The minimum absolute atomic E-state index is 0.338. The summed E-state index contributed by atoms with van der Waals surface area (Å²) in [5, 5.41) is 5.57. The fraction of sp³-hybridized carbons (Fsp3) is 0.263. The fourth-order valence-corrected chi connectivity index (χ4v) is 2.02. The van der Waals surface area contributed by atoms with Gasteiger partial charge in [-0.2, -0.15) is 0 Å². The Kier molecular flexibility index (Phi) is 5.16. The second-order valence-corrected chi connectivity index (χ2v) is 5.95. The fourth-order valence-electron chi connectivity index (χ4n) is 2.02. The molecule has 0 bridgehead atoms. The summed E-state index contributed by atoms with van der Waals surface area (Å²) >= 11 is 0. The van der Waals surface area contributed by atoms with E-state index in [0.717, 1.165) is 6.42 Å². The minimum Gasteiger partial charge on any atom is -0.325 e. The first-order chi connectivity index (χ1) is 10.9. The summed E-state index contributed by atoms with van der Waals surface area (Å²) in [6.45, 7) is 5.30. The summed E-state index contributed by atoms with van der Waals surface area (Å²) in [6, 6.07) is 16.7. The summed E-state index contributed by atoms with van der Waals surface area (Å²) in [7, 11) is 0. The van der Waals surface area contributed by atoms with E-state index in [-0.39, 0.29) is 11.8 Å². The third kappa shape index (κ3) is 4.19. The molecule has 2 aromatic rings. The van der Waals surface area contributed by atoms with Crippen molar-refractivity contribution in [1.82, 2.24) is 0 Å². The number of rotatable bonds is 5. The zero-order valence-electron chi connectivity index (χ0n) is 13.7. The number of carbonyl (C=O) groups is 2. The maximum absolute atomic E-state index is 12.4. The van der Waals surface area contributed by atoms with Crippen molar-refractivity contribution in [2.24, 2.45) is 5.41 Å². The Bertz CT molecular complexity index is 676. The second-order valence-electron chi connectivity index (χ2n) is 5.95. The molecular formula is C19H22N2O2. The molecule has 0 atom stereocenters. The molecule has 0 aromatic heterocycles. The molecule has 2 amide bonds. The van der Waals surface area contributed by atoms with Crippen LogP contribution < -0.4 is 10.6 Å². The largest absolute Gasteiger partial charge is 0.325 e. The molecule has 0 saturated heterocycles. The lowest BCUT2D eigenvalue weighted by Crippen LogP contribution is -2.41. The van der Waals surface area contributed by atoms with Crippen LogP contribution in [0, 0.1) is 5.41 Å². The molecule has 120 valence electrons. The van der Waals surface area contributed by atoms with Crippen molar-refractivity contribution in [2.45, 2.75) is 27.2 Å². The highest BCUT2D eigenvalue weighted by Crippen LogP contribution is 2.22. The third-order valence-corrected chi connectivity index (χ3v) is 3.79. The molecule has 4 heteroatoms. The predicted octanol–water partition coefficient (Wildman–Crippen LogP) is 3.85. The Labute approximate surface area is 136 Å². The van der Waals surface area contributed by atoms with Gasteiger partial charge in [0.25, 0.3) is 0 Å². The highest BCUT2D eigenvalue weighted by atomic mass is 16.2. The van der Waals surface area contributed by atoms with Crippen LogP contribution in [0.5, 0.6) is 0 Å². The maximum Gasteiger partial charge on any atom is 0.239 e. The molecule has 0 radical (unpaired) electrons. The van der Waals surface area contributed by atoms with Crippen molar-refractivity contribution >= 4 is 23.2 Å². The Morgan fingerprint density at radius 3 is 1.78 bits per heavy atom.